The number of benzene rings is 1. The van der Waals surface area contributed by atoms with Crippen LogP contribution in [0.4, 0.5) is 0 Å². The van der Waals surface area contributed by atoms with Crippen molar-refractivity contribution in [2.45, 2.75) is 45.6 Å². The number of nitrogens with two attached hydrogens (primary N) is 1. The van der Waals surface area contributed by atoms with Gasteiger partial charge in [-0.15, -0.1) is 0 Å². The van der Waals surface area contributed by atoms with E-state index in [0.29, 0.717) is 11.5 Å². The lowest BCUT2D eigenvalue weighted by molar-refractivity contribution is 0.277. The molecular formula is C22H24N6O. The third-order valence-electron chi connectivity index (χ3n) is 5.12. The number of ether oxygens (including phenoxy) is 1. The van der Waals surface area contributed by atoms with E-state index in [1.807, 2.05) is 39.7 Å². The summed E-state index contributed by atoms with van der Waals surface area (Å²) in [6, 6.07) is 10.3. The molecule has 4 rings (SSSR count). The molecule has 0 radical (unpaired) electrons. The maximum atomic E-state index is 9.85. The van der Waals surface area contributed by atoms with Gasteiger partial charge in [0.05, 0.1) is 29.0 Å². The van der Waals surface area contributed by atoms with Gasteiger partial charge in [-0.2, -0.15) is 10.4 Å². The molecule has 2 N–H and O–H groups in total. The van der Waals surface area contributed by atoms with Crippen LogP contribution in [-0.4, -0.2) is 19.3 Å². The zero-order chi connectivity index (χ0) is 20.8. The van der Waals surface area contributed by atoms with E-state index in [-0.39, 0.29) is 17.3 Å². The van der Waals surface area contributed by atoms with E-state index >= 15 is 0 Å². The quantitative estimate of drug-likeness (QED) is 0.740. The lowest BCUT2D eigenvalue weighted by atomic mass is 9.83. The minimum Gasteiger partial charge on any atom is -0.422 e. The highest BCUT2D eigenvalue weighted by Crippen LogP contribution is 2.45. The van der Waals surface area contributed by atoms with Crippen molar-refractivity contribution >= 4 is 0 Å². The molecule has 1 aromatic carbocycles. The molecule has 0 fully saturated rings. The Bertz CT molecular complexity index is 1110. The third-order valence-corrected chi connectivity index (χ3v) is 5.12. The Hall–Kier alpha value is -3.53. The van der Waals surface area contributed by atoms with Crippen LogP contribution in [0.1, 0.15) is 50.4 Å². The summed E-state index contributed by atoms with van der Waals surface area (Å²) >= 11 is 0. The molecule has 0 bridgehead atoms. The molecule has 0 amide bonds. The molecule has 1 aliphatic rings. The second kappa shape index (κ2) is 6.82. The van der Waals surface area contributed by atoms with E-state index in [1.165, 1.54) is 0 Å². The molecule has 3 aromatic rings. The summed E-state index contributed by atoms with van der Waals surface area (Å²) in [6.45, 7) is 8.26. The molecule has 29 heavy (non-hydrogen) atoms. The topological polar surface area (TPSA) is 94.7 Å². The van der Waals surface area contributed by atoms with E-state index < -0.39 is 0 Å². The van der Waals surface area contributed by atoms with Gasteiger partial charge in [-0.3, -0.25) is 0 Å². The van der Waals surface area contributed by atoms with Crippen molar-refractivity contribution in [3.8, 4) is 17.6 Å². The zero-order valence-electron chi connectivity index (χ0n) is 17.0. The van der Waals surface area contributed by atoms with E-state index in [0.717, 1.165) is 28.9 Å². The Morgan fingerprint density at radius 2 is 1.97 bits per heavy atom. The lowest BCUT2D eigenvalue weighted by Gasteiger charge is -2.28. The van der Waals surface area contributed by atoms with Gasteiger partial charge < -0.3 is 15.0 Å². The minimum absolute atomic E-state index is 0.136. The Kier molecular flexibility index (Phi) is 4.42. The Morgan fingerprint density at radius 1 is 1.24 bits per heavy atom. The lowest BCUT2D eigenvalue weighted by Crippen LogP contribution is -2.27. The Labute approximate surface area is 170 Å². The molecule has 2 aromatic heterocycles. The number of rotatable bonds is 3. The van der Waals surface area contributed by atoms with E-state index in [2.05, 4.69) is 38.7 Å². The molecule has 1 atom stereocenters. The molecule has 1 unspecified atom stereocenters. The standard InChI is InChI=1S/C22H24N6O/c1-5-17-19-18(14-6-8-15(9-7-14)27-11-10-25-13-27)16(12-23)20(24)29-21(19)28(26-17)22(2,3)4/h6-11,13,18H,5,24H2,1-4H3. The first kappa shape index (κ1) is 18.8. The van der Waals surface area contributed by atoms with Crippen LogP contribution in [0.3, 0.4) is 0 Å². The Morgan fingerprint density at radius 3 is 2.52 bits per heavy atom. The summed E-state index contributed by atoms with van der Waals surface area (Å²) in [4.78, 5) is 4.09. The van der Waals surface area contributed by atoms with Gasteiger partial charge in [0.1, 0.15) is 11.6 Å². The fourth-order valence-corrected chi connectivity index (χ4v) is 3.71. The summed E-state index contributed by atoms with van der Waals surface area (Å²) in [7, 11) is 0. The predicted molar refractivity (Wildman–Crippen MR) is 109 cm³/mol. The zero-order valence-corrected chi connectivity index (χ0v) is 17.0. The number of hydrogen-bond donors (Lipinski definition) is 1. The van der Waals surface area contributed by atoms with Gasteiger partial charge in [0.2, 0.25) is 11.8 Å². The first-order valence-corrected chi connectivity index (χ1v) is 9.63. The highest BCUT2D eigenvalue weighted by molar-refractivity contribution is 5.56. The summed E-state index contributed by atoms with van der Waals surface area (Å²) in [5.41, 5.74) is 10.1. The van der Waals surface area contributed by atoms with Gasteiger partial charge in [-0.25, -0.2) is 9.67 Å². The second-order valence-corrected chi connectivity index (χ2v) is 8.09. The number of imidazole rings is 1. The molecule has 148 valence electrons. The summed E-state index contributed by atoms with van der Waals surface area (Å²) < 4.78 is 9.74. The first-order chi connectivity index (χ1) is 13.8. The molecule has 0 saturated heterocycles. The van der Waals surface area contributed by atoms with Crippen molar-refractivity contribution < 1.29 is 4.74 Å². The van der Waals surface area contributed by atoms with Crippen molar-refractivity contribution in [2.75, 3.05) is 0 Å². The average molecular weight is 388 g/mol. The minimum atomic E-state index is -0.313. The van der Waals surface area contributed by atoms with Gasteiger partial charge in [-0.1, -0.05) is 19.1 Å². The Balaban J connectivity index is 1.89. The molecule has 0 spiro atoms. The fourth-order valence-electron chi connectivity index (χ4n) is 3.71. The first-order valence-electron chi connectivity index (χ1n) is 9.63. The van der Waals surface area contributed by atoms with Crippen molar-refractivity contribution in [1.29, 1.82) is 5.26 Å². The number of aryl methyl sites for hydroxylation is 1. The maximum absolute atomic E-state index is 9.85. The van der Waals surface area contributed by atoms with Gasteiger partial charge in [-0.05, 0) is 44.9 Å². The molecule has 1 aliphatic heterocycles. The molecule has 0 aliphatic carbocycles. The summed E-state index contributed by atoms with van der Waals surface area (Å²) in [6.07, 6.45) is 6.12. The van der Waals surface area contributed by atoms with E-state index in [9.17, 15) is 5.26 Å². The average Bonchev–Trinajstić information content (AvgIpc) is 3.34. The van der Waals surface area contributed by atoms with E-state index in [1.54, 1.807) is 12.5 Å². The normalized spacial score (nSPS) is 16.3. The predicted octanol–water partition coefficient (Wildman–Crippen LogP) is 3.60. The number of hydrogen-bond acceptors (Lipinski definition) is 5. The number of fused-ring (bicyclic) bond motifs is 1. The molecular weight excluding hydrogens is 364 g/mol. The molecule has 0 saturated carbocycles. The van der Waals surface area contributed by atoms with E-state index in [4.69, 9.17) is 15.6 Å². The smallest absolute Gasteiger partial charge is 0.224 e. The third kappa shape index (κ3) is 3.07. The van der Waals surface area contributed by atoms with Crippen molar-refractivity contribution in [3.63, 3.8) is 0 Å². The van der Waals surface area contributed by atoms with Gasteiger partial charge in [0.15, 0.2) is 0 Å². The van der Waals surface area contributed by atoms with Crippen LogP contribution in [0.25, 0.3) is 5.69 Å². The SMILES string of the molecule is CCc1nn(C(C)(C)C)c2c1C(c1ccc(-n3ccnc3)cc1)C(C#N)=C(N)O2. The molecule has 7 heteroatoms. The molecule has 7 nitrogen and oxygen atoms in total. The van der Waals surface area contributed by atoms with Crippen LogP contribution in [0.2, 0.25) is 0 Å². The van der Waals surface area contributed by atoms with Crippen LogP contribution in [-0.2, 0) is 12.0 Å². The maximum Gasteiger partial charge on any atom is 0.224 e. The molecule has 3 heterocycles. The fraction of sp³-hybridized carbons (Fsp3) is 0.318. The van der Waals surface area contributed by atoms with Gasteiger partial charge in [0.25, 0.3) is 0 Å². The van der Waals surface area contributed by atoms with Crippen LogP contribution < -0.4 is 10.5 Å². The van der Waals surface area contributed by atoms with Crippen LogP contribution in [0.15, 0.2) is 54.4 Å². The highest BCUT2D eigenvalue weighted by atomic mass is 16.5. The number of nitriles is 1. The van der Waals surface area contributed by atoms with Crippen molar-refractivity contribution in [3.05, 3.63) is 71.3 Å². The highest BCUT2D eigenvalue weighted by Gasteiger charge is 2.38. The summed E-state index contributed by atoms with van der Waals surface area (Å²) in [5, 5.41) is 14.7. The second-order valence-electron chi connectivity index (χ2n) is 8.09. The van der Waals surface area contributed by atoms with Gasteiger partial charge >= 0.3 is 0 Å². The number of allylic oxidation sites excluding steroid dienone is 1. The van der Waals surface area contributed by atoms with Crippen LogP contribution >= 0.6 is 0 Å². The van der Waals surface area contributed by atoms with Crippen molar-refractivity contribution in [2.24, 2.45) is 5.73 Å². The summed E-state index contributed by atoms with van der Waals surface area (Å²) in [5.74, 6) is 0.443. The van der Waals surface area contributed by atoms with Gasteiger partial charge in [0, 0.05) is 18.1 Å². The monoisotopic (exact) mass is 388 g/mol. The number of nitrogens with zero attached hydrogens (tertiary/aromatic N) is 5. The number of aromatic nitrogens is 4. The van der Waals surface area contributed by atoms with Crippen molar-refractivity contribution in [1.82, 2.24) is 19.3 Å². The van der Waals surface area contributed by atoms with Crippen LogP contribution in [0.5, 0.6) is 5.88 Å². The van der Waals surface area contributed by atoms with Crippen LogP contribution in [0, 0.1) is 11.3 Å². The largest absolute Gasteiger partial charge is 0.422 e.